The molecular formula is C34H41N5O5. The number of unbranched alkanes of at least 4 members (excludes halogenated alkanes) is 1. The van der Waals surface area contributed by atoms with Crippen LogP contribution < -0.4 is 5.32 Å². The lowest BCUT2D eigenvalue weighted by atomic mass is 9.53. The second-order valence-electron chi connectivity index (χ2n) is 12.8. The van der Waals surface area contributed by atoms with E-state index < -0.39 is 11.9 Å². The number of nitrogens with zero attached hydrogens (tertiary/aromatic N) is 4. The van der Waals surface area contributed by atoms with Gasteiger partial charge in [0.1, 0.15) is 6.10 Å². The summed E-state index contributed by atoms with van der Waals surface area (Å²) in [6.07, 6.45) is 16.7. The summed E-state index contributed by atoms with van der Waals surface area (Å²) >= 11 is 0. The Kier molecular flexibility index (Phi) is 9.09. The molecule has 0 aliphatic heterocycles. The normalized spacial score (nSPS) is 24.5. The minimum Gasteiger partial charge on any atom is -0.478 e. The summed E-state index contributed by atoms with van der Waals surface area (Å²) < 4.78 is 10.4. The van der Waals surface area contributed by atoms with Gasteiger partial charge in [0.15, 0.2) is 0 Å². The van der Waals surface area contributed by atoms with E-state index in [2.05, 4.69) is 35.6 Å². The van der Waals surface area contributed by atoms with Crippen LogP contribution in [0.3, 0.4) is 0 Å². The number of carboxylic acids is 2. The van der Waals surface area contributed by atoms with E-state index in [1.165, 1.54) is 38.5 Å². The van der Waals surface area contributed by atoms with Crippen molar-refractivity contribution in [1.82, 2.24) is 24.5 Å². The van der Waals surface area contributed by atoms with Crippen molar-refractivity contribution in [2.45, 2.75) is 69.4 Å². The predicted octanol–water partition coefficient (Wildman–Crippen LogP) is 5.33. The van der Waals surface area contributed by atoms with E-state index in [1.807, 2.05) is 39.6 Å². The van der Waals surface area contributed by atoms with Gasteiger partial charge in [0.25, 0.3) is 0 Å². The van der Waals surface area contributed by atoms with E-state index in [4.69, 9.17) is 25.1 Å². The molecule has 0 saturated heterocycles. The largest absolute Gasteiger partial charge is 0.478 e. The molecule has 232 valence electrons. The zero-order valence-electron chi connectivity index (χ0n) is 24.9. The first-order chi connectivity index (χ1) is 21.3. The van der Waals surface area contributed by atoms with Gasteiger partial charge in [-0.3, -0.25) is 0 Å². The number of nitrogens with one attached hydrogen (secondary N) is 1. The Balaban J connectivity index is 0.000000381. The van der Waals surface area contributed by atoms with Crippen LogP contribution >= 0.6 is 0 Å². The zero-order chi connectivity index (χ0) is 30.5. The predicted molar refractivity (Wildman–Crippen MR) is 165 cm³/mol. The summed E-state index contributed by atoms with van der Waals surface area (Å²) in [5.41, 5.74) is 4.67. The molecular weight excluding hydrogens is 558 g/mol. The summed E-state index contributed by atoms with van der Waals surface area (Å²) in [5, 5.41) is 29.3. The molecule has 4 heterocycles. The summed E-state index contributed by atoms with van der Waals surface area (Å²) in [7, 11) is 0. The van der Waals surface area contributed by atoms with Crippen LogP contribution in [0.1, 0.15) is 68.9 Å². The second-order valence-corrected chi connectivity index (χ2v) is 12.8. The van der Waals surface area contributed by atoms with Crippen LogP contribution in [-0.4, -0.2) is 60.1 Å². The quantitative estimate of drug-likeness (QED) is 0.147. The van der Waals surface area contributed by atoms with Gasteiger partial charge in [0.05, 0.1) is 22.4 Å². The fourth-order valence-corrected chi connectivity index (χ4v) is 7.92. The molecule has 8 rings (SSSR count). The van der Waals surface area contributed by atoms with Crippen molar-refractivity contribution in [3.63, 3.8) is 0 Å². The van der Waals surface area contributed by atoms with Gasteiger partial charge in [-0.05, 0) is 112 Å². The molecule has 44 heavy (non-hydrogen) atoms. The first-order valence-electron chi connectivity index (χ1n) is 15.7. The Labute approximate surface area is 256 Å². The number of rotatable bonds is 12. The molecule has 3 N–H and O–H groups in total. The molecule has 4 aromatic heterocycles. The lowest BCUT2D eigenvalue weighted by molar-refractivity contribution is -0.134. The fourth-order valence-electron chi connectivity index (χ4n) is 7.92. The van der Waals surface area contributed by atoms with E-state index in [0.29, 0.717) is 17.7 Å². The Hall–Kier alpha value is -4.02. The molecule has 1 atom stereocenters. The van der Waals surface area contributed by atoms with Crippen molar-refractivity contribution in [3.8, 4) is 0 Å². The minimum absolute atomic E-state index is 0.106. The van der Waals surface area contributed by atoms with Crippen molar-refractivity contribution >= 4 is 23.0 Å². The molecule has 4 saturated carbocycles. The van der Waals surface area contributed by atoms with Crippen molar-refractivity contribution in [2.24, 2.45) is 17.8 Å². The summed E-state index contributed by atoms with van der Waals surface area (Å²) in [4.78, 5) is 19.1. The highest BCUT2D eigenvalue weighted by molar-refractivity contribution is 5.89. The van der Waals surface area contributed by atoms with Crippen LogP contribution in [0.25, 0.3) is 11.0 Å². The van der Waals surface area contributed by atoms with E-state index in [1.54, 1.807) is 0 Å². The number of aromatic nitrogens is 4. The maximum absolute atomic E-state index is 9.55. The maximum Gasteiger partial charge on any atom is 0.328 e. The third-order valence-electron chi connectivity index (χ3n) is 9.33. The molecule has 4 aliphatic rings. The lowest BCUT2D eigenvalue weighted by Crippen LogP contribution is -2.58. The van der Waals surface area contributed by atoms with Gasteiger partial charge in [0, 0.05) is 43.1 Å². The Morgan fingerprint density at radius 3 is 2.05 bits per heavy atom. The van der Waals surface area contributed by atoms with Gasteiger partial charge in [0.2, 0.25) is 0 Å². The van der Waals surface area contributed by atoms with Gasteiger partial charge in [-0.25, -0.2) is 18.6 Å². The topological polar surface area (TPSA) is 130 Å². The van der Waals surface area contributed by atoms with Crippen LogP contribution in [0.2, 0.25) is 0 Å². The number of carboxylic acid groups (broad SMARTS) is 2. The number of pyridine rings is 2. The molecule has 0 spiro atoms. The summed E-state index contributed by atoms with van der Waals surface area (Å²) in [6.45, 7) is 1.86. The SMILES string of the molecule is O=C(O)/C=C\C(=O)O.c1ccn2nc(CC(OCCCCNC34CC5CC(CC(C5)C3)C4)c3cc4ccccn4n3)cc2c1. The zero-order valence-corrected chi connectivity index (χ0v) is 24.9. The van der Waals surface area contributed by atoms with Crippen molar-refractivity contribution < 1.29 is 24.5 Å². The van der Waals surface area contributed by atoms with E-state index in [-0.39, 0.29) is 6.10 Å². The molecule has 4 aliphatic carbocycles. The van der Waals surface area contributed by atoms with Gasteiger partial charge in [-0.2, -0.15) is 10.2 Å². The Bertz CT molecular complexity index is 1510. The monoisotopic (exact) mass is 599 g/mol. The van der Waals surface area contributed by atoms with Crippen LogP contribution in [0.4, 0.5) is 0 Å². The Morgan fingerprint density at radius 1 is 0.886 bits per heavy atom. The third-order valence-corrected chi connectivity index (χ3v) is 9.33. The summed E-state index contributed by atoms with van der Waals surface area (Å²) in [5.74, 6) is 0.480. The fraction of sp³-hybridized carbons (Fsp3) is 0.471. The smallest absolute Gasteiger partial charge is 0.328 e. The highest BCUT2D eigenvalue weighted by Crippen LogP contribution is 2.55. The number of ether oxygens (including phenoxy) is 1. The molecule has 10 heteroatoms. The summed E-state index contributed by atoms with van der Waals surface area (Å²) in [6, 6.07) is 16.6. The molecule has 0 amide bonds. The second kappa shape index (κ2) is 13.3. The lowest BCUT2D eigenvalue weighted by Gasteiger charge is -2.57. The van der Waals surface area contributed by atoms with Crippen molar-refractivity contribution in [1.29, 1.82) is 0 Å². The molecule has 10 nitrogen and oxygen atoms in total. The van der Waals surface area contributed by atoms with Crippen LogP contribution in [0.15, 0.2) is 73.1 Å². The minimum atomic E-state index is -1.26. The average molecular weight is 600 g/mol. The number of fused-ring (bicyclic) bond motifs is 2. The number of carbonyl (C=O) groups is 2. The third kappa shape index (κ3) is 7.36. The van der Waals surface area contributed by atoms with Crippen molar-refractivity contribution in [3.05, 3.63) is 84.5 Å². The van der Waals surface area contributed by atoms with E-state index in [0.717, 1.165) is 72.6 Å². The molecule has 4 aromatic rings. The maximum atomic E-state index is 9.55. The number of hydrogen-bond donors (Lipinski definition) is 3. The van der Waals surface area contributed by atoms with Crippen LogP contribution in [0.5, 0.6) is 0 Å². The highest BCUT2D eigenvalue weighted by Gasteiger charge is 2.50. The first kappa shape index (κ1) is 30.0. The van der Waals surface area contributed by atoms with Gasteiger partial charge in [-0.1, -0.05) is 12.1 Å². The van der Waals surface area contributed by atoms with Gasteiger partial charge < -0.3 is 20.3 Å². The van der Waals surface area contributed by atoms with E-state index in [9.17, 15) is 9.59 Å². The first-order valence-corrected chi connectivity index (χ1v) is 15.7. The molecule has 1 unspecified atom stereocenters. The molecule has 4 bridgehead atoms. The average Bonchev–Trinajstić information content (AvgIpc) is 3.61. The molecule has 4 fully saturated rings. The molecule has 0 radical (unpaired) electrons. The van der Waals surface area contributed by atoms with E-state index >= 15 is 0 Å². The molecule has 0 aromatic carbocycles. The van der Waals surface area contributed by atoms with Crippen LogP contribution in [-0.2, 0) is 20.7 Å². The van der Waals surface area contributed by atoms with Crippen molar-refractivity contribution in [2.75, 3.05) is 13.2 Å². The number of hydrogen-bond acceptors (Lipinski definition) is 6. The standard InChI is InChI=1S/C30H37N5O.C4H4O4/c1-4-10-34-26(7-1)16-25(32-34)17-29(28-18-27-8-2-5-11-35(27)33-28)36-12-6-3-9-31-30-19-22-13-23(20-30)15-24(14-22)21-30;5-3(6)1-2-4(7)8/h1-2,4-5,7-8,10-11,16,18,22-24,29,31H,3,6,9,12-15,17,19-21H2;1-2H,(H,5,6)(H,7,8)/b;2-1-. The highest BCUT2D eigenvalue weighted by atomic mass is 16.5. The van der Waals surface area contributed by atoms with Gasteiger partial charge >= 0.3 is 11.9 Å². The number of aliphatic carboxylic acids is 2. The Morgan fingerprint density at radius 2 is 1.48 bits per heavy atom. The van der Waals surface area contributed by atoms with Gasteiger partial charge in [-0.15, -0.1) is 0 Å². The van der Waals surface area contributed by atoms with Crippen LogP contribution in [0, 0.1) is 17.8 Å².